The van der Waals surface area contributed by atoms with Crippen molar-refractivity contribution >= 4 is 40.1 Å². The molecule has 31 heavy (non-hydrogen) atoms. The number of aryl methyl sites for hydroxylation is 1. The van der Waals surface area contributed by atoms with Crippen molar-refractivity contribution in [2.24, 2.45) is 0 Å². The van der Waals surface area contributed by atoms with Crippen LogP contribution in [0, 0.1) is 6.92 Å². The standard InChI is InChI=1S/C25H19Cl2NO3/c1-16-7-8-23-22(9-16)24(29)19(15-31-23)14-28(13-17-5-3-2-4-6-17)25(30)18-10-20(26)12-21(27)11-18/h2-12,15H,13-14H2,1H3. The van der Waals surface area contributed by atoms with E-state index in [0.717, 1.165) is 11.1 Å². The second kappa shape index (κ2) is 8.96. The highest BCUT2D eigenvalue weighted by molar-refractivity contribution is 6.35. The lowest BCUT2D eigenvalue weighted by Crippen LogP contribution is -2.32. The highest BCUT2D eigenvalue weighted by Crippen LogP contribution is 2.22. The van der Waals surface area contributed by atoms with Crippen LogP contribution in [0.25, 0.3) is 11.0 Å². The van der Waals surface area contributed by atoms with Crippen LogP contribution >= 0.6 is 23.2 Å². The van der Waals surface area contributed by atoms with Gasteiger partial charge in [-0.2, -0.15) is 0 Å². The first-order valence-electron chi connectivity index (χ1n) is 9.71. The number of amides is 1. The van der Waals surface area contributed by atoms with Gasteiger partial charge in [-0.1, -0.05) is 65.2 Å². The molecule has 0 radical (unpaired) electrons. The van der Waals surface area contributed by atoms with Gasteiger partial charge in [-0.05, 0) is 42.8 Å². The van der Waals surface area contributed by atoms with Crippen molar-refractivity contribution in [2.45, 2.75) is 20.0 Å². The maximum Gasteiger partial charge on any atom is 0.254 e. The van der Waals surface area contributed by atoms with Crippen LogP contribution in [0.5, 0.6) is 0 Å². The van der Waals surface area contributed by atoms with Gasteiger partial charge in [0.25, 0.3) is 5.91 Å². The molecule has 1 aromatic heterocycles. The fourth-order valence-corrected chi connectivity index (χ4v) is 3.99. The molecule has 4 nitrogen and oxygen atoms in total. The van der Waals surface area contributed by atoms with Gasteiger partial charge in [-0.3, -0.25) is 9.59 Å². The first-order valence-corrected chi connectivity index (χ1v) is 10.5. The summed E-state index contributed by atoms with van der Waals surface area (Å²) in [4.78, 5) is 28.0. The van der Waals surface area contributed by atoms with Crippen LogP contribution in [0.2, 0.25) is 10.0 Å². The molecule has 156 valence electrons. The average molecular weight is 452 g/mol. The fourth-order valence-electron chi connectivity index (χ4n) is 3.46. The predicted molar refractivity (Wildman–Crippen MR) is 124 cm³/mol. The number of nitrogens with zero attached hydrogens (tertiary/aromatic N) is 1. The van der Waals surface area contributed by atoms with E-state index in [1.165, 1.54) is 6.26 Å². The van der Waals surface area contributed by atoms with Gasteiger partial charge < -0.3 is 9.32 Å². The summed E-state index contributed by atoms with van der Waals surface area (Å²) in [6.07, 6.45) is 1.43. The number of carbonyl (C=O) groups excluding carboxylic acids is 1. The number of fused-ring (bicyclic) bond motifs is 1. The minimum absolute atomic E-state index is 0.0874. The smallest absolute Gasteiger partial charge is 0.254 e. The molecule has 1 amide bonds. The van der Waals surface area contributed by atoms with Crippen molar-refractivity contribution < 1.29 is 9.21 Å². The summed E-state index contributed by atoms with van der Waals surface area (Å²) in [5.74, 6) is -0.281. The summed E-state index contributed by atoms with van der Waals surface area (Å²) in [5.41, 5.74) is 3.01. The van der Waals surface area contributed by atoms with Crippen molar-refractivity contribution in [1.82, 2.24) is 4.90 Å². The number of hydrogen-bond donors (Lipinski definition) is 0. The van der Waals surface area contributed by atoms with E-state index < -0.39 is 0 Å². The Kier molecular flexibility index (Phi) is 6.12. The molecule has 0 aliphatic heterocycles. The first-order chi connectivity index (χ1) is 14.9. The molecule has 1 heterocycles. The fraction of sp³-hybridized carbons (Fsp3) is 0.120. The third-order valence-corrected chi connectivity index (χ3v) is 5.41. The quantitative estimate of drug-likeness (QED) is 0.360. The van der Waals surface area contributed by atoms with Crippen LogP contribution in [0.15, 0.2) is 82.2 Å². The van der Waals surface area contributed by atoms with Gasteiger partial charge in [0.1, 0.15) is 5.58 Å². The van der Waals surface area contributed by atoms with E-state index in [1.54, 1.807) is 35.2 Å². The molecule has 4 rings (SSSR count). The number of carbonyl (C=O) groups is 1. The minimum atomic E-state index is -0.281. The maximum absolute atomic E-state index is 13.4. The zero-order valence-corrected chi connectivity index (χ0v) is 18.3. The molecule has 0 N–H and O–H groups in total. The van der Waals surface area contributed by atoms with Gasteiger partial charge in [0.2, 0.25) is 0 Å². The molecule has 0 saturated carbocycles. The van der Waals surface area contributed by atoms with Gasteiger partial charge in [0.05, 0.1) is 23.8 Å². The Balaban J connectivity index is 1.74. The van der Waals surface area contributed by atoms with Crippen LogP contribution in [0.4, 0.5) is 0 Å². The summed E-state index contributed by atoms with van der Waals surface area (Å²) < 4.78 is 5.67. The number of benzene rings is 3. The van der Waals surface area contributed by atoms with Crippen LogP contribution in [0.3, 0.4) is 0 Å². The largest absolute Gasteiger partial charge is 0.464 e. The second-order valence-electron chi connectivity index (χ2n) is 7.39. The van der Waals surface area contributed by atoms with Crippen LogP contribution in [0.1, 0.15) is 27.0 Å². The molecule has 0 aliphatic carbocycles. The molecular weight excluding hydrogens is 433 g/mol. The SMILES string of the molecule is Cc1ccc2occ(CN(Cc3ccccc3)C(=O)c3cc(Cl)cc(Cl)c3)c(=O)c2c1. The van der Waals surface area contributed by atoms with E-state index in [-0.39, 0.29) is 17.9 Å². The molecule has 4 aromatic rings. The second-order valence-corrected chi connectivity index (χ2v) is 8.27. The lowest BCUT2D eigenvalue weighted by molar-refractivity contribution is 0.0729. The van der Waals surface area contributed by atoms with Crippen molar-refractivity contribution in [1.29, 1.82) is 0 Å². The highest BCUT2D eigenvalue weighted by atomic mass is 35.5. The van der Waals surface area contributed by atoms with Crippen molar-refractivity contribution in [3.05, 3.63) is 116 Å². The van der Waals surface area contributed by atoms with Gasteiger partial charge in [0.15, 0.2) is 5.43 Å². The lowest BCUT2D eigenvalue weighted by Gasteiger charge is -2.23. The van der Waals surface area contributed by atoms with E-state index >= 15 is 0 Å². The van der Waals surface area contributed by atoms with E-state index in [0.29, 0.717) is 38.7 Å². The Morgan fingerprint density at radius 3 is 2.35 bits per heavy atom. The van der Waals surface area contributed by atoms with E-state index in [9.17, 15) is 9.59 Å². The highest BCUT2D eigenvalue weighted by Gasteiger charge is 2.20. The summed E-state index contributed by atoms with van der Waals surface area (Å²) in [5, 5.41) is 1.24. The summed E-state index contributed by atoms with van der Waals surface area (Å²) in [6.45, 7) is 2.32. The summed E-state index contributed by atoms with van der Waals surface area (Å²) in [7, 11) is 0. The first kappa shape index (κ1) is 21.2. The molecule has 6 heteroatoms. The molecule has 0 saturated heterocycles. The normalized spacial score (nSPS) is 10.9. The van der Waals surface area contributed by atoms with Gasteiger partial charge in [0, 0.05) is 22.2 Å². The third-order valence-electron chi connectivity index (χ3n) is 4.97. The van der Waals surface area contributed by atoms with Crippen molar-refractivity contribution in [3.8, 4) is 0 Å². The Bertz CT molecular complexity index is 1300. The molecule has 3 aromatic carbocycles. The number of hydrogen-bond acceptors (Lipinski definition) is 3. The maximum atomic E-state index is 13.4. The van der Waals surface area contributed by atoms with Crippen LogP contribution in [-0.4, -0.2) is 10.8 Å². The van der Waals surface area contributed by atoms with Gasteiger partial charge >= 0.3 is 0 Å². The van der Waals surface area contributed by atoms with E-state index in [1.807, 2.05) is 43.3 Å². The van der Waals surface area contributed by atoms with Crippen LogP contribution < -0.4 is 5.43 Å². The minimum Gasteiger partial charge on any atom is -0.464 e. The third kappa shape index (κ3) is 4.82. The molecule has 0 unspecified atom stereocenters. The molecule has 0 aliphatic rings. The molecular formula is C25H19Cl2NO3. The zero-order chi connectivity index (χ0) is 22.0. The summed E-state index contributed by atoms with van der Waals surface area (Å²) >= 11 is 12.2. The van der Waals surface area contributed by atoms with Gasteiger partial charge in [-0.15, -0.1) is 0 Å². The Morgan fingerprint density at radius 2 is 1.65 bits per heavy atom. The monoisotopic (exact) mass is 451 g/mol. The van der Waals surface area contributed by atoms with Crippen LogP contribution in [-0.2, 0) is 13.1 Å². The average Bonchev–Trinajstić information content (AvgIpc) is 2.75. The molecule has 0 fully saturated rings. The Labute approximate surface area is 189 Å². The Hall–Kier alpha value is -3.08. The summed E-state index contributed by atoms with van der Waals surface area (Å²) in [6, 6.07) is 19.7. The number of halogens is 2. The number of rotatable bonds is 5. The Morgan fingerprint density at radius 1 is 0.935 bits per heavy atom. The molecule has 0 atom stereocenters. The predicted octanol–water partition coefficient (Wildman–Crippen LogP) is 6.25. The lowest BCUT2D eigenvalue weighted by atomic mass is 10.1. The van der Waals surface area contributed by atoms with Crippen molar-refractivity contribution in [2.75, 3.05) is 0 Å². The molecule has 0 bridgehead atoms. The zero-order valence-electron chi connectivity index (χ0n) is 16.8. The molecule has 0 spiro atoms. The topological polar surface area (TPSA) is 50.5 Å². The van der Waals surface area contributed by atoms with E-state index in [2.05, 4.69) is 0 Å². The van der Waals surface area contributed by atoms with Gasteiger partial charge in [-0.25, -0.2) is 0 Å². The van der Waals surface area contributed by atoms with E-state index in [4.69, 9.17) is 27.6 Å². The van der Waals surface area contributed by atoms with Crippen molar-refractivity contribution in [3.63, 3.8) is 0 Å².